The third-order valence-electron chi connectivity index (χ3n) is 5.66. The molecule has 1 aliphatic heterocycles. The molecule has 0 unspecified atom stereocenters. The summed E-state index contributed by atoms with van der Waals surface area (Å²) in [6.07, 6.45) is 0. The minimum atomic E-state index is -0.617. The smallest absolute Gasteiger partial charge is 0.270 e. The van der Waals surface area contributed by atoms with Crippen molar-refractivity contribution in [3.8, 4) is 5.69 Å². The van der Waals surface area contributed by atoms with Gasteiger partial charge in [-0.15, -0.1) is 10.2 Å². The van der Waals surface area contributed by atoms with Crippen LogP contribution in [0.25, 0.3) is 5.69 Å². The SMILES string of the molecule is O=C(c1ccccc1Cl)c1cc([N+](=O)[O-])ccc1-n1c(Br)nnc1CN1C(=O)c2ccccc2C1=O. The van der Waals surface area contributed by atoms with E-state index in [1.165, 1.54) is 28.8 Å². The summed E-state index contributed by atoms with van der Waals surface area (Å²) in [6, 6.07) is 16.5. The summed E-state index contributed by atoms with van der Waals surface area (Å²) < 4.78 is 1.58. The number of rotatable bonds is 6. The van der Waals surface area contributed by atoms with Crippen molar-refractivity contribution in [3.63, 3.8) is 0 Å². The van der Waals surface area contributed by atoms with Crippen LogP contribution in [0, 0.1) is 10.1 Å². The molecule has 0 spiro atoms. The third-order valence-corrected chi connectivity index (χ3v) is 6.51. The van der Waals surface area contributed by atoms with Gasteiger partial charge in [-0.3, -0.25) is 34.0 Å². The van der Waals surface area contributed by atoms with E-state index in [0.29, 0.717) is 0 Å². The van der Waals surface area contributed by atoms with Crippen molar-refractivity contribution in [2.45, 2.75) is 6.54 Å². The van der Waals surface area contributed by atoms with Crippen LogP contribution in [0.4, 0.5) is 5.69 Å². The van der Waals surface area contributed by atoms with Crippen LogP contribution in [0.3, 0.4) is 0 Å². The molecule has 3 aromatic carbocycles. The molecule has 178 valence electrons. The molecule has 2 amide bonds. The second kappa shape index (κ2) is 9.10. The molecule has 1 aliphatic rings. The van der Waals surface area contributed by atoms with Gasteiger partial charge in [0.1, 0.15) is 0 Å². The average Bonchev–Trinajstić information content (AvgIpc) is 3.36. The summed E-state index contributed by atoms with van der Waals surface area (Å²) in [4.78, 5) is 51.1. The number of carbonyl (C=O) groups is 3. The highest BCUT2D eigenvalue weighted by Gasteiger charge is 2.36. The zero-order valence-corrected chi connectivity index (χ0v) is 20.4. The minimum Gasteiger partial charge on any atom is -0.288 e. The maximum absolute atomic E-state index is 13.5. The van der Waals surface area contributed by atoms with Crippen LogP contribution in [0.2, 0.25) is 5.02 Å². The van der Waals surface area contributed by atoms with Crippen molar-refractivity contribution in [3.05, 3.63) is 115 Å². The molecule has 0 saturated carbocycles. The minimum absolute atomic E-state index is 0.0404. The fraction of sp³-hybridized carbons (Fsp3) is 0.0417. The van der Waals surface area contributed by atoms with Crippen molar-refractivity contribution < 1.29 is 19.3 Å². The molecule has 0 saturated heterocycles. The molecule has 0 N–H and O–H groups in total. The summed E-state index contributed by atoms with van der Waals surface area (Å²) in [5, 5.41) is 19.7. The first-order valence-corrected chi connectivity index (χ1v) is 11.6. The van der Waals surface area contributed by atoms with E-state index in [1.54, 1.807) is 36.4 Å². The number of benzene rings is 3. The van der Waals surface area contributed by atoms with Crippen LogP contribution >= 0.6 is 27.5 Å². The summed E-state index contributed by atoms with van der Waals surface area (Å²) in [7, 11) is 0. The number of halogens is 2. The van der Waals surface area contributed by atoms with E-state index in [2.05, 4.69) is 26.1 Å². The van der Waals surface area contributed by atoms with E-state index in [9.17, 15) is 24.5 Å². The quantitative estimate of drug-likeness (QED) is 0.144. The van der Waals surface area contributed by atoms with E-state index in [0.717, 1.165) is 11.0 Å². The highest BCUT2D eigenvalue weighted by atomic mass is 79.9. The number of imide groups is 1. The van der Waals surface area contributed by atoms with Crippen LogP contribution in [0.15, 0.2) is 71.5 Å². The van der Waals surface area contributed by atoms with Crippen molar-refractivity contribution >= 4 is 50.8 Å². The summed E-state index contributed by atoms with van der Waals surface area (Å²) in [6.45, 7) is -0.248. The second-order valence-electron chi connectivity index (χ2n) is 7.73. The largest absolute Gasteiger partial charge is 0.288 e. The normalized spacial score (nSPS) is 12.7. The molecule has 0 aliphatic carbocycles. The Bertz CT molecular complexity index is 1570. The first-order valence-electron chi connectivity index (χ1n) is 10.4. The Labute approximate surface area is 216 Å². The molecular formula is C24H13BrClN5O5. The molecule has 5 rings (SSSR count). The molecule has 4 aromatic rings. The number of amides is 2. The maximum atomic E-state index is 13.5. The molecule has 12 heteroatoms. The average molecular weight is 567 g/mol. The van der Waals surface area contributed by atoms with Gasteiger partial charge in [0.15, 0.2) is 11.6 Å². The van der Waals surface area contributed by atoms with Gasteiger partial charge in [-0.05, 0) is 46.3 Å². The maximum Gasteiger partial charge on any atom is 0.270 e. The van der Waals surface area contributed by atoms with Crippen LogP contribution in [-0.2, 0) is 6.54 Å². The number of nitro benzene ring substituents is 1. The number of carbonyl (C=O) groups excluding carboxylic acids is 3. The fourth-order valence-electron chi connectivity index (χ4n) is 3.96. The lowest BCUT2D eigenvalue weighted by molar-refractivity contribution is -0.384. The number of aromatic nitrogens is 3. The molecule has 0 fully saturated rings. The predicted molar refractivity (Wildman–Crippen MR) is 131 cm³/mol. The Hall–Kier alpha value is -4.22. The second-order valence-corrected chi connectivity index (χ2v) is 8.85. The number of nitrogens with zero attached hydrogens (tertiary/aromatic N) is 5. The lowest BCUT2D eigenvalue weighted by atomic mass is 10.0. The summed E-state index contributed by atoms with van der Waals surface area (Å²) >= 11 is 9.52. The van der Waals surface area contributed by atoms with Gasteiger partial charge < -0.3 is 0 Å². The van der Waals surface area contributed by atoms with E-state index < -0.39 is 22.5 Å². The van der Waals surface area contributed by atoms with E-state index in [-0.39, 0.29) is 55.8 Å². The molecular weight excluding hydrogens is 554 g/mol. The Morgan fingerprint density at radius 3 is 2.22 bits per heavy atom. The number of hydrogen-bond acceptors (Lipinski definition) is 7. The van der Waals surface area contributed by atoms with Crippen LogP contribution in [0.1, 0.15) is 42.5 Å². The number of ketones is 1. The fourth-order valence-corrected chi connectivity index (χ4v) is 4.66. The Balaban J connectivity index is 1.61. The molecule has 0 radical (unpaired) electrons. The number of hydrogen-bond donors (Lipinski definition) is 0. The van der Waals surface area contributed by atoms with Gasteiger partial charge >= 0.3 is 0 Å². The lowest BCUT2D eigenvalue weighted by Gasteiger charge is -2.16. The third kappa shape index (κ3) is 3.88. The number of fused-ring (bicyclic) bond motifs is 1. The van der Waals surface area contributed by atoms with Crippen molar-refractivity contribution in [2.75, 3.05) is 0 Å². The Morgan fingerprint density at radius 2 is 1.58 bits per heavy atom. The van der Waals surface area contributed by atoms with Gasteiger partial charge in [0, 0.05) is 17.7 Å². The van der Waals surface area contributed by atoms with E-state index in [1.807, 2.05) is 0 Å². The van der Waals surface area contributed by atoms with Crippen molar-refractivity contribution in [1.29, 1.82) is 0 Å². The molecule has 0 atom stereocenters. The monoisotopic (exact) mass is 565 g/mol. The summed E-state index contributed by atoms with van der Waals surface area (Å²) in [5.41, 5.74) is 0.553. The predicted octanol–water partition coefficient (Wildman–Crippen LogP) is 4.62. The number of non-ortho nitro benzene ring substituents is 1. The van der Waals surface area contributed by atoms with Gasteiger partial charge in [-0.1, -0.05) is 35.9 Å². The van der Waals surface area contributed by atoms with Crippen molar-refractivity contribution in [1.82, 2.24) is 19.7 Å². The van der Waals surface area contributed by atoms with E-state index in [4.69, 9.17) is 11.6 Å². The lowest BCUT2D eigenvalue weighted by Crippen LogP contribution is -2.30. The molecule has 36 heavy (non-hydrogen) atoms. The zero-order chi connectivity index (χ0) is 25.6. The van der Waals surface area contributed by atoms with Gasteiger partial charge in [0.25, 0.3) is 17.5 Å². The van der Waals surface area contributed by atoms with Gasteiger partial charge in [0.2, 0.25) is 4.73 Å². The zero-order valence-electron chi connectivity index (χ0n) is 18.1. The first kappa shape index (κ1) is 23.5. The highest BCUT2D eigenvalue weighted by Crippen LogP contribution is 2.31. The standard InChI is InChI=1S/C24H13BrClN5O5/c25-24-28-27-20(12-29-22(33)14-5-1-2-6-15(14)23(29)34)30(24)19-10-9-13(31(35)36)11-17(19)21(32)16-7-3-4-8-18(16)26/h1-11H,12H2. The Morgan fingerprint density at radius 1 is 0.944 bits per heavy atom. The van der Waals surface area contributed by atoms with Gasteiger partial charge in [0.05, 0.1) is 38.9 Å². The van der Waals surface area contributed by atoms with E-state index >= 15 is 0 Å². The summed E-state index contributed by atoms with van der Waals surface area (Å²) in [5.74, 6) is -1.39. The molecule has 2 heterocycles. The van der Waals surface area contributed by atoms with Crippen LogP contribution in [0.5, 0.6) is 0 Å². The van der Waals surface area contributed by atoms with Crippen LogP contribution < -0.4 is 0 Å². The van der Waals surface area contributed by atoms with Gasteiger partial charge in [-0.25, -0.2) is 0 Å². The molecule has 10 nitrogen and oxygen atoms in total. The van der Waals surface area contributed by atoms with Crippen molar-refractivity contribution in [2.24, 2.45) is 0 Å². The van der Waals surface area contributed by atoms with Crippen LogP contribution in [-0.4, -0.2) is 42.2 Å². The highest BCUT2D eigenvalue weighted by molar-refractivity contribution is 9.10. The van der Waals surface area contributed by atoms with Gasteiger partial charge in [-0.2, -0.15) is 0 Å². The molecule has 1 aromatic heterocycles. The first-order chi connectivity index (χ1) is 17.3. The molecule has 0 bridgehead atoms. The number of nitro groups is 1. The Kier molecular flexibility index (Phi) is 5.94. The topological polar surface area (TPSA) is 128 Å².